The second-order valence-corrected chi connectivity index (χ2v) is 5.60. The van der Waals surface area contributed by atoms with Crippen molar-refractivity contribution in [1.82, 2.24) is 15.5 Å². The first-order valence-electron chi connectivity index (χ1n) is 7.19. The average Bonchev–Trinajstić information content (AvgIpc) is 2.73. The largest absolute Gasteiger partial charge is 0.440 e. The molecule has 0 aromatic rings. The molecule has 0 aromatic heterocycles. The SMILES string of the molecule is C#CCN1C(=O)NC(NC(=O)C2CCCCC2)(C(F)(F)F)C1=O. The minimum absolute atomic E-state index is 0.259. The van der Waals surface area contributed by atoms with Crippen LogP contribution in [0.3, 0.4) is 0 Å². The average molecular weight is 331 g/mol. The molecule has 1 aliphatic heterocycles. The van der Waals surface area contributed by atoms with Crippen LogP contribution in [0.5, 0.6) is 0 Å². The number of carbonyl (C=O) groups excluding carboxylic acids is 3. The Balaban J connectivity index is 2.27. The number of nitrogens with one attached hydrogen (secondary N) is 2. The summed E-state index contributed by atoms with van der Waals surface area (Å²) in [6, 6.07) is -1.28. The molecule has 6 nitrogen and oxygen atoms in total. The van der Waals surface area contributed by atoms with Gasteiger partial charge in [0.2, 0.25) is 5.91 Å². The summed E-state index contributed by atoms with van der Waals surface area (Å²) >= 11 is 0. The van der Waals surface area contributed by atoms with Gasteiger partial charge in [-0.3, -0.25) is 14.9 Å². The Morgan fingerprint density at radius 1 is 1.35 bits per heavy atom. The summed E-state index contributed by atoms with van der Waals surface area (Å²) in [5.41, 5.74) is -3.45. The number of hydrogen-bond donors (Lipinski definition) is 2. The molecule has 2 fully saturated rings. The van der Waals surface area contributed by atoms with Crippen LogP contribution >= 0.6 is 0 Å². The van der Waals surface area contributed by atoms with Crippen molar-refractivity contribution in [2.45, 2.75) is 43.9 Å². The highest BCUT2D eigenvalue weighted by molar-refractivity contribution is 6.09. The van der Waals surface area contributed by atoms with E-state index in [-0.39, 0.29) is 4.90 Å². The van der Waals surface area contributed by atoms with Crippen LogP contribution in [0.2, 0.25) is 0 Å². The number of halogens is 3. The van der Waals surface area contributed by atoms with E-state index in [1.165, 1.54) is 0 Å². The normalized spacial score (nSPS) is 25.9. The molecule has 126 valence electrons. The molecule has 9 heteroatoms. The number of alkyl halides is 3. The van der Waals surface area contributed by atoms with E-state index in [0.717, 1.165) is 19.3 Å². The zero-order valence-electron chi connectivity index (χ0n) is 12.2. The minimum atomic E-state index is -5.19. The van der Waals surface area contributed by atoms with Gasteiger partial charge in [0.1, 0.15) is 0 Å². The summed E-state index contributed by atoms with van der Waals surface area (Å²) in [6.45, 7) is -0.609. The molecule has 1 saturated carbocycles. The molecule has 1 saturated heterocycles. The molecule has 2 aliphatic rings. The Bertz CT molecular complexity index is 564. The van der Waals surface area contributed by atoms with Crippen molar-refractivity contribution in [3.05, 3.63) is 0 Å². The summed E-state index contributed by atoms with van der Waals surface area (Å²) in [5, 5.41) is 3.26. The molecule has 1 heterocycles. The lowest BCUT2D eigenvalue weighted by Gasteiger charge is -2.32. The van der Waals surface area contributed by atoms with Crippen molar-refractivity contribution in [3.63, 3.8) is 0 Å². The molecule has 23 heavy (non-hydrogen) atoms. The third-order valence-electron chi connectivity index (χ3n) is 4.07. The first-order valence-corrected chi connectivity index (χ1v) is 7.19. The van der Waals surface area contributed by atoms with Crippen LogP contribution in [-0.4, -0.2) is 41.1 Å². The van der Waals surface area contributed by atoms with Crippen molar-refractivity contribution < 1.29 is 27.6 Å². The lowest BCUT2D eigenvalue weighted by atomic mass is 9.88. The smallest absolute Gasteiger partial charge is 0.318 e. The molecule has 1 unspecified atom stereocenters. The topological polar surface area (TPSA) is 78.5 Å². The highest BCUT2D eigenvalue weighted by atomic mass is 19.4. The zero-order valence-corrected chi connectivity index (χ0v) is 12.2. The molecular formula is C14H16F3N3O3. The Morgan fingerprint density at radius 2 is 1.96 bits per heavy atom. The first-order chi connectivity index (χ1) is 10.7. The minimum Gasteiger partial charge on any atom is -0.318 e. The maximum absolute atomic E-state index is 13.5. The molecule has 2 rings (SSSR count). The van der Waals surface area contributed by atoms with Crippen LogP contribution in [0.15, 0.2) is 0 Å². The highest BCUT2D eigenvalue weighted by Crippen LogP contribution is 2.34. The second kappa shape index (κ2) is 6.10. The van der Waals surface area contributed by atoms with Gasteiger partial charge in [0.05, 0.1) is 6.54 Å². The van der Waals surface area contributed by atoms with E-state index in [9.17, 15) is 27.6 Å². The fourth-order valence-electron chi connectivity index (χ4n) is 2.81. The Hall–Kier alpha value is -2.24. The summed E-state index contributed by atoms with van der Waals surface area (Å²) in [4.78, 5) is 36.2. The number of imide groups is 1. The standard InChI is InChI=1S/C14H16F3N3O3/c1-2-8-20-11(22)13(14(15,16)17,19-12(20)23)18-10(21)9-6-4-3-5-7-9/h1,9H,3-8H2,(H,18,21)(H,19,23). The predicted molar refractivity (Wildman–Crippen MR) is 72.6 cm³/mol. The van der Waals surface area contributed by atoms with Gasteiger partial charge >= 0.3 is 12.2 Å². The number of hydrogen-bond acceptors (Lipinski definition) is 3. The molecule has 0 bridgehead atoms. The van der Waals surface area contributed by atoms with E-state index in [2.05, 4.69) is 0 Å². The van der Waals surface area contributed by atoms with Crippen LogP contribution in [-0.2, 0) is 9.59 Å². The third-order valence-corrected chi connectivity index (χ3v) is 4.07. The van der Waals surface area contributed by atoms with Crippen molar-refractivity contribution >= 4 is 17.8 Å². The number of terminal acetylenes is 1. The van der Waals surface area contributed by atoms with E-state index in [4.69, 9.17) is 6.42 Å². The Morgan fingerprint density at radius 3 is 2.48 bits per heavy atom. The molecule has 1 atom stereocenters. The molecule has 1 aliphatic carbocycles. The van der Waals surface area contributed by atoms with E-state index in [0.29, 0.717) is 12.8 Å². The first kappa shape index (κ1) is 17.1. The van der Waals surface area contributed by atoms with Gasteiger partial charge in [0, 0.05) is 5.92 Å². The van der Waals surface area contributed by atoms with Crippen LogP contribution in [0.4, 0.5) is 18.0 Å². The summed E-state index contributed by atoms with van der Waals surface area (Å²) in [7, 11) is 0. The van der Waals surface area contributed by atoms with E-state index in [1.54, 1.807) is 10.6 Å². The number of amides is 4. The van der Waals surface area contributed by atoms with Crippen molar-refractivity contribution in [2.24, 2.45) is 5.92 Å². The Kier molecular flexibility index (Phi) is 4.54. The molecule has 0 radical (unpaired) electrons. The maximum atomic E-state index is 13.5. The van der Waals surface area contributed by atoms with Crippen LogP contribution < -0.4 is 10.6 Å². The number of urea groups is 1. The summed E-state index contributed by atoms with van der Waals surface area (Å²) < 4.78 is 40.4. The van der Waals surface area contributed by atoms with Crippen molar-refractivity contribution in [2.75, 3.05) is 6.54 Å². The van der Waals surface area contributed by atoms with Crippen molar-refractivity contribution in [3.8, 4) is 12.3 Å². The molecule has 4 amide bonds. The van der Waals surface area contributed by atoms with E-state index in [1.807, 2.05) is 5.92 Å². The predicted octanol–water partition coefficient (Wildman–Crippen LogP) is 1.13. The Labute approximate surface area is 130 Å². The molecule has 0 aromatic carbocycles. The molecule has 2 N–H and O–H groups in total. The van der Waals surface area contributed by atoms with Gasteiger partial charge in [-0.05, 0) is 12.8 Å². The van der Waals surface area contributed by atoms with Crippen LogP contribution in [0.1, 0.15) is 32.1 Å². The van der Waals surface area contributed by atoms with Gasteiger partial charge in [0.25, 0.3) is 11.6 Å². The zero-order chi connectivity index (χ0) is 17.3. The fourth-order valence-corrected chi connectivity index (χ4v) is 2.81. The highest BCUT2D eigenvalue weighted by Gasteiger charge is 2.68. The van der Waals surface area contributed by atoms with Crippen LogP contribution in [0, 0.1) is 18.3 Å². The molecular weight excluding hydrogens is 315 g/mol. The lowest BCUT2D eigenvalue weighted by Crippen LogP contribution is -2.70. The van der Waals surface area contributed by atoms with Gasteiger partial charge in [-0.1, -0.05) is 25.2 Å². The third kappa shape index (κ3) is 2.98. The molecule has 0 spiro atoms. The van der Waals surface area contributed by atoms with E-state index < -0.39 is 42.1 Å². The van der Waals surface area contributed by atoms with Gasteiger partial charge in [0.15, 0.2) is 0 Å². The number of nitrogens with zero attached hydrogens (tertiary/aromatic N) is 1. The summed E-state index contributed by atoms with van der Waals surface area (Å²) in [6.07, 6.45) is 3.07. The van der Waals surface area contributed by atoms with Gasteiger partial charge < -0.3 is 5.32 Å². The maximum Gasteiger partial charge on any atom is 0.440 e. The fraction of sp³-hybridized carbons (Fsp3) is 0.643. The van der Waals surface area contributed by atoms with Crippen molar-refractivity contribution in [1.29, 1.82) is 0 Å². The second-order valence-electron chi connectivity index (χ2n) is 5.60. The number of rotatable bonds is 3. The van der Waals surface area contributed by atoms with Gasteiger partial charge in [-0.25, -0.2) is 9.69 Å². The van der Waals surface area contributed by atoms with Gasteiger partial charge in [-0.15, -0.1) is 6.42 Å². The quantitative estimate of drug-likeness (QED) is 0.601. The monoisotopic (exact) mass is 331 g/mol. The van der Waals surface area contributed by atoms with E-state index >= 15 is 0 Å². The lowest BCUT2D eigenvalue weighted by molar-refractivity contribution is -0.204. The summed E-state index contributed by atoms with van der Waals surface area (Å²) in [5.74, 6) is -1.17. The van der Waals surface area contributed by atoms with Crippen LogP contribution in [0.25, 0.3) is 0 Å². The van der Waals surface area contributed by atoms with Gasteiger partial charge in [-0.2, -0.15) is 13.2 Å². The number of carbonyl (C=O) groups is 3.